The van der Waals surface area contributed by atoms with Crippen molar-refractivity contribution in [1.29, 1.82) is 0 Å². The Hall–Kier alpha value is -1.06. The number of rotatable bonds is 6. The number of nitrogens with two attached hydrogens (primary N) is 1. The molecule has 0 radical (unpaired) electrons. The first kappa shape index (κ1) is 12.4. The van der Waals surface area contributed by atoms with Gasteiger partial charge in [-0.05, 0) is 42.5 Å². The predicted octanol–water partition coefficient (Wildman–Crippen LogP) is 2.44. The van der Waals surface area contributed by atoms with Crippen molar-refractivity contribution in [1.82, 2.24) is 0 Å². The summed E-state index contributed by atoms with van der Waals surface area (Å²) in [7, 11) is 0. The van der Waals surface area contributed by atoms with Crippen LogP contribution < -0.4 is 10.5 Å². The summed E-state index contributed by atoms with van der Waals surface area (Å²) < 4.78 is 11.0. The number of ether oxygens (including phenoxy) is 2. The smallest absolute Gasteiger partial charge is 0.119 e. The largest absolute Gasteiger partial charge is 0.491 e. The van der Waals surface area contributed by atoms with E-state index in [0.717, 1.165) is 31.6 Å². The van der Waals surface area contributed by atoms with E-state index in [1.54, 1.807) is 0 Å². The van der Waals surface area contributed by atoms with Crippen LogP contribution in [0, 0.1) is 0 Å². The molecule has 1 aromatic carbocycles. The molecule has 0 bridgehead atoms. The zero-order chi connectivity index (χ0) is 12.1. The van der Waals surface area contributed by atoms with E-state index < -0.39 is 0 Å². The molecule has 2 rings (SSSR count). The van der Waals surface area contributed by atoms with Crippen LogP contribution in [0.25, 0.3) is 0 Å². The molecule has 0 heterocycles. The Morgan fingerprint density at radius 2 is 2.18 bits per heavy atom. The second kappa shape index (κ2) is 6.03. The second-order valence-electron chi connectivity index (χ2n) is 4.47. The monoisotopic (exact) mass is 235 g/mol. The Kier molecular flexibility index (Phi) is 4.40. The third kappa shape index (κ3) is 3.20. The SMILES string of the molecule is CCCOCCOc1ccc2c(c1)CC[C@H]2N. The van der Waals surface area contributed by atoms with Crippen LogP contribution in [-0.2, 0) is 11.2 Å². The quantitative estimate of drug-likeness (QED) is 0.770. The fourth-order valence-electron chi connectivity index (χ4n) is 2.18. The Morgan fingerprint density at radius 3 is 3.00 bits per heavy atom. The summed E-state index contributed by atoms with van der Waals surface area (Å²) in [5, 5.41) is 0. The summed E-state index contributed by atoms with van der Waals surface area (Å²) in [6.07, 6.45) is 3.18. The highest BCUT2D eigenvalue weighted by Gasteiger charge is 2.18. The maximum atomic E-state index is 5.99. The van der Waals surface area contributed by atoms with Gasteiger partial charge in [0, 0.05) is 12.6 Å². The van der Waals surface area contributed by atoms with Crippen molar-refractivity contribution in [2.75, 3.05) is 19.8 Å². The van der Waals surface area contributed by atoms with Crippen LogP contribution in [0.1, 0.15) is 36.9 Å². The molecule has 1 atom stereocenters. The molecule has 0 saturated carbocycles. The molecule has 0 spiro atoms. The molecule has 3 nitrogen and oxygen atoms in total. The van der Waals surface area contributed by atoms with E-state index in [9.17, 15) is 0 Å². The molecule has 0 unspecified atom stereocenters. The molecule has 2 N–H and O–H groups in total. The van der Waals surface area contributed by atoms with Crippen LogP contribution in [0.3, 0.4) is 0 Å². The highest BCUT2D eigenvalue weighted by atomic mass is 16.5. The van der Waals surface area contributed by atoms with E-state index in [4.69, 9.17) is 15.2 Å². The molecular formula is C14H21NO2. The molecule has 94 valence electrons. The lowest BCUT2D eigenvalue weighted by molar-refractivity contribution is 0.101. The Labute approximate surface area is 103 Å². The van der Waals surface area contributed by atoms with E-state index in [2.05, 4.69) is 19.1 Å². The number of aryl methyl sites for hydroxylation is 1. The molecule has 0 aromatic heterocycles. The van der Waals surface area contributed by atoms with Crippen molar-refractivity contribution in [2.45, 2.75) is 32.2 Å². The summed E-state index contributed by atoms with van der Waals surface area (Å²) >= 11 is 0. The van der Waals surface area contributed by atoms with E-state index in [1.165, 1.54) is 11.1 Å². The van der Waals surface area contributed by atoms with Gasteiger partial charge in [-0.15, -0.1) is 0 Å². The van der Waals surface area contributed by atoms with Crippen LogP contribution in [0.5, 0.6) is 5.75 Å². The first-order valence-corrected chi connectivity index (χ1v) is 6.40. The van der Waals surface area contributed by atoms with Gasteiger partial charge in [0.15, 0.2) is 0 Å². The highest BCUT2D eigenvalue weighted by Crippen LogP contribution is 2.31. The summed E-state index contributed by atoms with van der Waals surface area (Å²) in [5.74, 6) is 0.929. The van der Waals surface area contributed by atoms with Gasteiger partial charge in [-0.3, -0.25) is 0 Å². The zero-order valence-electron chi connectivity index (χ0n) is 10.4. The molecule has 0 fully saturated rings. The van der Waals surface area contributed by atoms with Crippen LogP contribution in [0.4, 0.5) is 0 Å². The van der Waals surface area contributed by atoms with Gasteiger partial charge in [0.1, 0.15) is 12.4 Å². The molecule has 1 aliphatic carbocycles. The van der Waals surface area contributed by atoms with Crippen LogP contribution in [-0.4, -0.2) is 19.8 Å². The zero-order valence-corrected chi connectivity index (χ0v) is 10.4. The van der Waals surface area contributed by atoms with Crippen molar-refractivity contribution in [2.24, 2.45) is 5.73 Å². The van der Waals surface area contributed by atoms with E-state index >= 15 is 0 Å². The summed E-state index contributed by atoms with van der Waals surface area (Å²) in [4.78, 5) is 0. The average Bonchev–Trinajstić information content (AvgIpc) is 2.71. The van der Waals surface area contributed by atoms with Gasteiger partial charge >= 0.3 is 0 Å². The highest BCUT2D eigenvalue weighted by molar-refractivity contribution is 5.40. The average molecular weight is 235 g/mol. The molecule has 3 heteroatoms. The lowest BCUT2D eigenvalue weighted by Crippen LogP contribution is -2.08. The molecule has 0 amide bonds. The van der Waals surface area contributed by atoms with E-state index in [0.29, 0.717) is 13.2 Å². The molecule has 1 aromatic rings. The van der Waals surface area contributed by atoms with Crippen molar-refractivity contribution in [3.63, 3.8) is 0 Å². The normalized spacial score (nSPS) is 18.1. The minimum Gasteiger partial charge on any atom is -0.491 e. The maximum Gasteiger partial charge on any atom is 0.119 e. The standard InChI is InChI=1S/C14H21NO2/c1-2-7-16-8-9-17-12-4-5-13-11(10-12)3-6-14(13)15/h4-5,10,14H,2-3,6-9,15H2,1H3/t14-/m1/s1. The number of hydrogen-bond donors (Lipinski definition) is 1. The lowest BCUT2D eigenvalue weighted by atomic mass is 10.1. The van der Waals surface area contributed by atoms with Crippen molar-refractivity contribution in [3.8, 4) is 5.75 Å². The Balaban J connectivity index is 1.82. The van der Waals surface area contributed by atoms with Gasteiger partial charge in [0.25, 0.3) is 0 Å². The Morgan fingerprint density at radius 1 is 1.29 bits per heavy atom. The predicted molar refractivity (Wildman–Crippen MR) is 68.3 cm³/mol. The molecular weight excluding hydrogens is 214 g/mol. The summed E-state index contributed by atoms with van der Waals surface area (Å²) in [6, 6.07) is 6.42. The number of benzene rings is 1. The lowest BCUT2D eigenvalue weighted by Gasteiger charge is -2.09. The topological polar surface area (TPSA) is 44.5 Å². The van der Waals surface area contributed by atoms with Gasteiger partial charge in [-0.1, -0.05) is 13.0 Å². The summed E-state index contributed by atoms with van der Waals surface area (Å²) in [5.41, 5.74) is 8.61. The third-order valence-electron chi connectivity index (χ3n) is 3.08. The van der Waals surface area contributed by atoms with Crippen molar-refractivity contribution < 1.29 is 9.47 Å². The van der Waals surface area contributed by atoms with E-state index in [-0.39, 0.29) is 6.04 Å². The fourth-order valence-corrected chi connectivity index (χ4v) is 2.18. The molecule has 0 aliphatic heterocycles. The number of fused-ring (bicyclic) bond motifs is 1. The molecule has 1 aliphatic rings. The van der Waals surface area contributed by atoms with Gasteiger partial charge in [0.05, 0.1) is 6.61 Å². The molecule has 0 saturated heterocycles. The van der Waals surface area contributed by atoms with Gasteiger partial charge in [0.2, 0.25) is 0 Å². The second-order valence-corrected chi connectivity index (χ2v) is 4.47. The van der Waals surface area contributed by atoms with Crippen LogP contribution >= 0.6 is 0 Å². The first-order valence-electron chi connectivity index (χ1n) is 6.40. The first-order chi connectivity index (χ1) is 8.31. The van der Waals surface area contributed by atoms with Crippen molar-refractivity contribution >= 4 is 0 Å². The summed E-state index contributed by atoms with van der Waals surface area (Å²) in [6.45, 7) is 4.18. The maximum absolute atomic E-state index is 5.99. The molecule has 17 heavy (non-hydrogen) atoms. The minimum absolute atomic E-state index is 0.215. The minimum atomic E-state index is 0.215. The third-order valence-corrected chi connectivity index (χ3v) is 3.08. The van der Waals surface area contributed by atoms with Gasteiger partial charge in [-0.25, -0.2) is 0 Å². The van der Waals surface area contributed by atoms with Crippen LogP contribution in [0.2, 0.25) is 0 Å². The van der Waals surface area contributed by atoms with Gasteiger partial charge in [-0.2, -0.15) is 0 Å². The Bertz CT molecular complexity index is 365. The van der Waals surface area contributed by atoms with Crippen LogP contribution in [0.15, 0.2) is 18.2 Å². The fraction of sp³-hybridized carbons (Fsp3) is 0.571. The van der Waals surface area contributed by atoms with Gasteiger partial charge < -0.3 is 15.2 Å². The number of hydrogen-bond acceptors (Lipinski definition) is 3. The van der Waals surface area contributed by atoms with Crippen molar-refractivity contribution in [3.05, 3.63) is 29.3 Å². The van der Waals surface area contributed by atoms with E-state index in [1.807, 2.05) is 6.07 Å².